The number of sulfonamides is 1. The lowest BCUT2D eigenvalue weighted by Crippen LogP contribution is -2.18. The summed E-state index contributed by atoms with van der Waals surface area (Å²) in [5.74, 6) is 1.24. The van der Waals surface area contributed by atoms with Crippen LogP contribution in [0.5, 0.6) is 11.5 Å². The number of rotatable bonds is 5. The van der Waals surface area contributed by atoms with Crippen LogP contribution in [0.4, 0.5) is 11.5 Å². The van der Waals surface area contributed by atoms with Crippen molar-refractivity contribution in [1.29, 1.82) is 0 Å². The highest BCUT2D eigenvalue weighted by Gasteiger charge is 2.21. The van der Waals surface area contributed by atoms with Gasteiger partial charge < -0.3 is 14.8 Å². The van der Waals surface area contributed by atoms with E-state index < -0.39 is 10.0 Å². The second kappa shape index (κ2) is 7.64. The third-order valence-electron chi connectivity index (χ3n) is 4.88. The molecular weight excluding hydrogens is 366 g/mol. The van der Waals surface area contributed by atoms with Gasteiger partial charge in [0.1, 0.15) is 5.82 Å². The zero-order valence-corrected chi connectivity index (χ0v) is 15.8. The second-order valence-corrected chi connectivity index (χ2v) is 8.57. The van der Waals surface area contributed by atoms with Gasteiger partial charge in [-0.1, -0.05) is 25.7 Å². The van der Waals surface area contributed by atoms with E-state index in [1.54, 1.807) is 18.3 Å². The van der Waals surface area contributed by atoms with E-state index in [2.05, 4.69) is 15.0 Å². The Kier molecular flexibility index (Phi) is 5.07. The zero-order chi connectivity index (χ0) is 18.7. The van der Waals surface area contributed by atoms with Crippen molar-refractivity contribution < 1.29 is 17.9 Å². The maximum Gasteiger partial charge on any atom is 0.263 e. The largest absolute Gasteiger partial charge is 0.454 e. The van der Waals surface area contributed by atoms with Gasteiger partial charge in [-0.05, 0) is 37.1 Å². The fourth-order valence-corrected chi connectivity index (χ4v) is 4.46. The number of anilines is 2. The molecule has 4 rings (SSSR count). The zero-order valence-electron chi connectivity index (χ0n) is 15.0. The van der Waals surface area contributed by atoms with Crippen molar-refractivity contribution >= 4 is 21.5 Å². The number of nitrogens with zero attached hydrogens (tertiary/aromatic N) is 1. The van der Waals surface area contributed by atoms with Gasteiger partial charge in [0.25, 0.3) is 10.0 Å². The van der Waals surface area contributed by atoms with Crippen molar-refractivity contribution in [3.05, 3.63) is 36.5 Å². The average molecular weight is 389 g/mol. The van der Waals surface area contributed by atoms with Gasteiger partial charge in [-0.2, -0.15) is 0 Å². The van der Waals surface area contributed by atoms with E-state index in [9.17, 15) is 8.42 Å². The molecule has 1 aliphatic heterocycles. The third kappa shape index (κ3) is 4.27. The van der Waals surface area contributed by atoms with Crippen LogP contribution in [0.3, 0.4) is 0 Å². The van der Waals surface area contributed by atoms with Crippen LogP contribution >= 0.6 is 0 Å². The fraction of sp³-hybridized carbons (Fsp3) is 0.421. The summed E-state index contributed by atoms with van der Waals surface area (Å²) in [5.41, 5.74) is 0.910. The number of aromatic nitrogens is 1. The van der Waals surface area contributed by atoms with E-state index >= 15 is 0 Å². The molecule has 0 bridgehead atoms. The van der Waals surface area contributed by atoms with Gasteiger partial charge >= 0.3 is 0 Å². The van der Waals surface area contributed by atoms with E-state index in [1.165, 1.54) is 50.7 Å². The summed E-state index contributed by atoms with van der Waals surface area (Å²) >= 11 is 0. The summed E-state index contributed by atoms with van der Waals surface area (Å²) in [6.07, 6.45) is 9.10. The van der Waals surface area contributed by atoms with Crippen LogP contribution in [0.25, 0.3) is 0 Å². The molecule has 1 aliphatic carbocycles. The molecule has 0 amide bonds. The molecule has 1 fully saturated rings. The quantitative estimate of drug-likeness (QED) is 0.757. The van der Waals surface area contributed by atoms with Crippen molar-refractivity contribution in [1.82, 2.24) is 4.98 Å². The van der Waals surface area contributed by atoms with E-state index in [0.717, 1.165) is 5.69 Å². The van der Waals surface area contributed by atoms with Crippen LogP contribution in [0, 0.1) is 0 Å². The predicted octanol–water partition coefficient (Wildman–Crippen LogP) is 3.75. The number of ether oxygens (including phenoxy) is 2. The minimum Gasteiger partial charge on any atom is -0.454 e. The van der Waals surface area contributed by atoms with Crippen molar-refractivity contribution in [2.24, 2.45) is 0 Å². The summed E-state index contributed by atoms with van der Waals surface area (Å²) < 4.78 is 38.1. The lowest BCUT2D eigenvalue weighted by atomic mass is 10.1. The number of hydrogen-bond donors (Lipinski definition) is 2. The maximum absolute atomic E-state index is 12.6. The minimum atomic E-state index is -3.75. The number of fused-ring (bicyclic) bond motifs is 1. The van der Waals surface area contributed by atoms with E-state index in [-0.39, 0.29) is 17.5 Å². The lowest BCUT2D eigenvalue weighted by Gasteiger charge is -2.17. The molecule has 0 radical (unpaired) electrons. The number of benzene rings is 1. The molecule has 1 aromatic heterocycles. The Morgan fingerprint density at radius 3 is 2.48 bits per heavy atom. The highest BCUT2D eigenvalue weighted by atomic mass is 32.2. The van der Waals surface area contributed by atoms with Crippen molar-refractivity contribution in [3.8, 4) is 11.5 Å². The molecule has 2 aromatic rings. The molecule has 7 nitrogen and oxygen atoms in total. The Balaban J connectivity index is 1.43. The van der Waals surface area contributed by atoms with Gasteiger partial charge in [-0.25, -0.2) is 13.4 Å². The molecule has 2 N–H and O–H groups in total. The molecule has 2 aliphatic rings. The Labute approximate surface area is 159 Å². The highest BCUT2D eigenvalue weighted by molar-refractivity contribution is 7.92. The second-order valence-electron chi connectivity index (χ2n) is 6.89. The summed E-state index contributed by atoms with van der Waals surface area (Å²) in [6, 6.07) is 8.51. The number of nitrogens with one attached hydrogen (secondary N) is 2. The van der Waals surface area contributed by atoms with Gasteiger partial charge in [0.15, 0.2) is 11.5 Å². The molecule has 8 heteroatoms. The Morgan fingerprint density at radius 1 is 0.963 bits per heavy atom. The van der Waals surface area contributed by atoms with E-state index in [0.29, 0.717) is 17.5 Å². The Bertz CT molecular complexity index is 892. The Morgan fingerprint density at radius 2 is 1.74 bits per heavy atom. The summed E-state index contributed by atoms with van der Waals surface area (Å²) in [6.45, 7) is 0.100. The van der Waals surface area contributed by atoms with Crippen LogP contribution in [-0.2, 0) is 10.0 Å². The number of pyridine rings is 1. The maximum atomic E-state index is 12.6. The molecule has 0 saturated heterocycles. The molecule has 0 atom stereocenters. The lowest BCUT2D eigenvalue weighted by molar-refractivity contribution is 0.174. The van der Waals surface area contributed by atoms with Crippen LogP contribution in [0.1, 0.15) is 38.5 Å². The molecule has 2 heterocycles. The van der Waals surface area contributed by atoms with Crippen LogP contribution < -0.4 is 19.5 Å². The standard InChI is InChI=1S/C19H23N3O4S/c23-27(24,16-8-9-17-18(11-16)26-13-25-17)22-19-10-7-15(12-20-19)21-14-5-3-1-2-4-6-14/h7-12,14,21H,1-6,13H2,(H,20,22). The summed E-state index contributed by atoms with van der Waals surface area (Å²) in [7, 11) is -3.75. The Hall–Kier alpha value is -2.48. The highest BCUT2D eigenvalue weighted by Crippen LogP contribution is 2.34. The van der Waals surface area contributed by atoms with E-state index in [4.69, 9.17) is 9.47 Å². The van der Waals surface area contributed by atoms with Gasteiger partial charge in [0.05, 0.1) is 16.8 Å². The normalized spacial score (nSPS) is 17.3. The SMILES string of the molecule is O=S(=O)(Nc1ccc(NC2CCCCCC2)cn1)c1ccc2c(c1)OCO2. The average Bonchev–Trinajstić information content (AvgIpc) is 2.99. The monoisotopic (exact) mass is 389 g/mol. The van der Waals surface area contributed by atoms with Crippen LogP contribution in [0.2, 0.25) is 0 Å². The van der Waals surface area contributed by atoms with Crippen LogP contribution in [-0.4, -0.2) is 26.2 Å². The first-order chi connectivity index (χ1) is 13.1. The third-order valence-corrected chi connectivity index (χ3v) is 6.24. The molecule has 144 valence electrons. The first-order valence-corrected chi connectivity index (χ1v) is 10.7. The molecular formula is C19H23N3O4S. The van der Waals surface area contributed by atoms with Gasteiger partial charge in [-0.3, -0.25) is 4.72 Å². The van der Waals surface area contributed by atoms with Gasteiger partial charge in [-0.15, -0.1) is 0 Å². The molecule has 1 aromatic carbocycles. The van der Waals surface area contributed by atoms with Crippen molar-refractivity contribution in [2.75, 3.05) is 16.8 Å². The van der Waals surface area contributed by atoms with E-state index in [1.807, 2.05) is 6.07 Å². The number of hydrogen-bond acceptors (Lipinski definition) is 6. The summed E-state index contributed by atoms with van der Waals surface area (Å²) in [4.78, 5) is 4.35. The predicted molar refractivity (Wildman–Crippen MR) is 103 cm³/mol. The first kappa shape index (κ1) is 17.9. The topological polar surface area (TPSA) is 89.6 Å². The molecule has 0 unspecified atom stereocenters. The van der Waals surface area contributed by atoms with Crippen molar-refractivity contribution in [3.63, 3.8) is 0 Å². The van der Waals surface area contributed by atoms with Gasteiger partial charge in [0, 0.05) is 12.1 Å². The minimum absolute atomic E-state index is 0.100. The molecule has 0 spiro atoms. The fourth-order valence-electron chi connectivity index (χ4n) is 3.44. The summed E-state index contributed by atoms with van der Waals surface area (Å²) in [5, 5.41) is 3.50. The first-order valence-electron chi connectivity index (χ1n) is 9.25. The smallest absolute Gasteiger partial charge is 0.263 e. The van der Waals surface area contributed by atoms with Crippen LogP contribution in [0.15, 0.2) is 41.4 Å². The molecule has 1 saturated carbocycles. The molecule has 27 heavy (non-hydrogen) atoms. The van der Waals surface area contributed by atoms with Gasteiger partial charge in [0.2, 0.25) is 6.79 Å². The van der Waals surface area contributed by atoms with Crippen molar-refractivity contribution in [2.45, 2.75) is 49.5 Å².